The van der Waals surface area contributed by atoms with Gasteiger partial charge in [-0.2, -0.15) is 4.98 Å². The normalized spacial score (nSPS) is 15.3. The van der Waals surface area contributed by atoms with Crippen LogP contribution in [0, 0.1) is 0 Å². The minimum absolute atomic E-state index is 0.0202. The molecule has 0 saturated carbocycles. The summed E-state index contributed by atoms with van der Waals surface area (Å²) in [5.74, 6) is 0.357. The maximum absolute atomic E-state index is 12.0. The first-order valence-electron chi connectivity index (χ1n) is 7.41. The fourth-order valence-corrected chi connectivity index (χ4v) is 2.28. The van der Waals surface area contributed by atoms with Crippen LogP contribution in [0.5, 0.6) is 0 Å². The summed E-state index contributed by atoms with van der Waals surface area (Å²) >= 11 is 0. The number of carbonyl (C=O) groups is 1. The Morgan fingerprint density at radius 3 is 2.87 bits per heavy atom. The standard InChI is InChI=1S/C15H19N5O3/c1-15(2,3)23-14(22)20-7-9(8-20)17-13-18-11-10(12(21)19-13)5-4-6-16-11/h4-6,9H,7-8H2,1-3H3,(H2,16,17,18,19,21). The van der Waals surface area contributed by atoms with Crippen LogP contribution in [0.1, 0.15) is 20.8 Å². The summed E-state index contributed by atoms with van der Waals surface area (Å²) in [6, 6.07) is 3.38. The molecule has 2 aromatic rings. The smallest absolute Gasteiger partial charge is 0.410 e. The highest BCUT2D eigenvalue weighted by atomic mass is 16.6. The Hall–Kier alpha value is -2.64. The van der Waals surface area contributed by atoms with E-state index in [1.807, 2.05) is 20.8 Å². The molecule has 2 N–H and O–H groups in total. The molecule has 122 valence electrons. The third-order valence-corrected chi connectivity index (χ3v) is 3.36. The van der Waals surface area contributed by atoms with Gasteiger partial charge < -0.3 is 15.0 Å². The molecule has 23 heavy (non-hydrogen) atoms. The van der Waals surface area contributed by atoms with Crippen LogP contribution in [-0.4, -0.2) is 50.7 Å². The molecule has 1 saturated heterocycles. The molecule has 3 heterocycles. The average molecular weight is 317 g/mol. The van der Waals surface area contributed by atoms with E-state index in [0.717, 1.165) is 0 Å². The van der Waals surface area contributed by atoms with E-state index in [1.54, 1.807) is 23.2 Å². The van der Waals surface area contributed by atoms with Crippen molar-refractivity contribution >= 4 is 23.1 Å². The Morgan fingerprint density at radius 1 is 1.43 bits per heavy atom. The van der Waals surface area contributed by atoms with Crippen molar-refractivity contribution in [2.75, 3.05) is 18.4 Å². The van der Waals surface area contributed by atoms with Gasteiger partial charge in [0.15, 0.2) is 5.65 Å². The van der Waals surface area contributed by atoms with E-state index in [1.165, 1.54) is 0 Å². The van der Waals surface area contributed by atoms with Crippen LogP contribution in [0.3, 0.4) is 0 Å². The van der Waals surface area contributed by atoms with Crippen molar-refractivity contribution < 1.29 is 9.53 Å². The molecule has 2 aromatic heterocycles. The molecule has 0 aliphatic carbocycles. The molecule has 0 bridgehead atoms. The highest BCUT2D eigenvalue weighted by molar-refractivity contribution is 5.74. The molecule has 0 radical (unpaired) electrons. The van der Waals surface area contributed by atoms with Crippen molar-refractivity contribution in [3.8, 4) is 0 Å². The van der Waals surface area contributed by atoms with Crippen LogP contribution in [0.15, 0.2) is 23.1 Å². The number of aromatic amines is 1. The predicted octanol–water partition coefficient (Wildman–Crippen LogP) is 1.35. The maximum atomic E-state index is 12.0. The fourth-order valence-electron chi connectivity index (χ4n) is 2.28. The number of amides is 1. The molecule has 3 rings (SSSR count). The Morgan fingerprint density at radius 2 is 2.17 bits per heavy atom. The second kappa shape index (κ2) is 5.53. The summed E-state index contributed by atoms with van der Waals surface area (Å²) in [7, 11) is 0. The fraction of sp³-hybridized carbons (Fsp3) is 0.467. The van der Waals surface area contributed by atoms with Gasteiger partial charge in [-0.3, -0.25) is 9.78 Å². The van der Waals surface area contributed by atoms with Gasteiger partial charge >= 0.3 is 6.09 Å². The number of nitrogens with zero attached hydrogens (tertiary/aromatic N) is 3. The summed E-state index contributed by atoms with van der Waals surface area (Å²) in [6.07, 6.45) is 1.25. The number of pyridine rings is 1. The summed E-state index contributed by atoms with van der Waals surface area (Å²) in [5.41, 5.74) is -0.358. The zero-order valence-corrected chi connectivity index (χ0v) is 13.3. The highest BCUT2D eigenvalue weighted by Gasteiger charge is 2.34. The van der Waals surface area contributed by atoms with E-state index in [0.29, 0.717) is 30.1 Å². The highest BCUT2D eigenvalue weighted by Crippen LogP contribution is 2.17. The van der Waals surface area contributed by atoms with Crippen LogP contribution in [-0.2, 0) is 4.74 Å². The number of H-pyrrole nitrogens is 1. The molecule has 1 amide bonds. The van der Waals surface area contributed by atoms with Gasteiger partial charge in [-0.05, 0) is 32.9 Å². The molecule has 8 heteroatoms. The quantitative estimate of drug-likeness (QED) is 0.867. The SMILES string of the molecule is CC(C)(C)OC(=O)N1CC(Nc2nc3ncccc3c(=O)[nH]2)C1. The number of carbonyl (C=O) groups excluding carboxylic acids is 1. The Labute approximate surface area is 132 Å². The van der Waals surface area contributed by atoms with Gasteiger partial charge in [-0.15, -0.1) is 0 Å². The topological polar surface area (TPSA) is 100 Å². The van der Waals surface area contributed by atoms with E-state index in [9.17, 15) is 9.59 Å². The zero-order valence-electron chi connectivity index (χ0n) is 13.3. The molecule has 0 aromatic carbocycles. The Kier molecular flexibility index (Phi) is 3.67. The number of fused-ring (bicyclic) bond motifs is 1. The summed E-state index contributed by atoms with van der Waals surface area (Å²) in [4.78, 5) is 36.5. The predicted molar refractivity (Wildman–Crippen MR) is 85.4 cm³/mol. The minimum atomic E-state index is -0.508. The van der Waals surface area contributed by atoms with Crippen LogP contribution in [0.25, 0.3) is 11.0 Å². The number of aromatic nitrogens is 3. The number of anilines is 1. The van der Waals surface area contributed by atoms with E-state index in [2.05, 4.69) is 20.3 Å². The van der Waals surface area contributed by atoms with Gasteiger partial charge in [0.2, 0.25) is 5.95 Å². The maximum Gasteiger partial charge on any atom is 0.410 e. The third-order valence-electron chi connectivity index (χ3n) is 3.36. The Balaban J connectivity index is 1.62. The van der Waals surface area contributed by atoms with Crippen LogP contribution in [0.4, 0.5) is 10.7 Å². The summed E-state index contributed by atoms with van der Waals surface area (Å²) in [5, 5.41) is 3.55. The number of rotatable bonds is 2. The second-order valence-corrected chi connectivity index (χ2v) is 6.52. The molecule has 1 fully saturated rings. The first-order valence-corrected chi connectivity index (χ1v) is 7.41. The number of likely N-dealkylation sites (tertiary alicyclic amines) is 1. The first-order chi connectivity index (χ1) is 10.8. The van der Waals surface area contributed by atoms with Crippen molar-refractivity contribution in [2.45, 2.75) is 32.4 Å². The molecule has 0 unspecified atom stereocenters. The van der Waals surface area contributed by atoms with E-state index < -0.39 is 5.60 Å². The average Bonchev–Trinajstić information content (AvgIpc) is 2.40. The summed E-state index contributed by atoms with van der Waals surface area (Å²) < 4.78 is 5.29. The number of nitrogens with one attached hydrogen (secondary N) is 2. The van der Waals surface area contributed by atoms with Crippen molar-refractivity contribution in [3.05, 3.63) is 28.7 Å². The van der Waals surface area contributed by atoms with Crippen molar-refractivity contribution in [3.63, 3.8) is 0 Å². The van der Waals surface area contributed by atoms with Gasteiger partial charge in [0.25, 0.3) is 5.56 Å². The Bertz CT molecular complexity index is 790. The lowest BCUT2D eigenvalue weighted by Gasteiger charge is -2.40. The number of hydrogen-bond donors (Lipinski definition) is 2. The first kappa shape index (κ1) is 15.3. The van der Waals surface area contributed by atoms with Crippen LogP contribution >= 0.6 is 0 Å². The lowest BCUT2D eigenvalue weighted by atomic mass is 10.1. The van der Waals surface area contributed by atoms with E-state index in [-0.39, 0.29) is 17.7 Å². The lowest BCUT2D eigenvalue weighted by Crippen LogP contribution is -2.58. The van der Waals surface area contributed by atoms with Gasteiger partial charge in [-0.25, -0.2) is 9.78 Å². The van der Waals surface area contributed by atoms with Gasteiger partial charge in [0.1, 0.15) is 5.60 Å². The second-order valence-electron chi connectivity index (χ2n) is 6.52. The van der Waals surface area contributed by atoms with E-state index >= 15 is 0 Å². The third kappa shape index (κ3) is 3.41. The largest absolute Gasteiger partial charge is 0.444 e. The molecule has 1 aliphatic heterocycles. The molecular weight excluding hydrogens is 298 g/mol. The molecule has 8 nitrogen and oxygen atoms in total. The molecule has 0 spiro atoms. The van der Waals surface area contributed by atoms with Gasteiger partial charge in [-0.1, -0.05) is 0 Å². The summed E-state index contributed by atoms with van der Waals surface area (Å²) in [6.45, 7) is 6.49. The molecule has 0 atom stereocenters. The van der Waals surface area contributed by atoms with Crippen molar-refractivity contribution in [1.82, 2.24) is 19.9 Å². The minimum Gasteiger partial charge on any atom is -0.444 e. The lowest BCUT2D eigenvalue weighted by molar-refractivity contribution is 0.0104. The number of ether oxygens (including phenoxy) is 1. The molecular formula is C15H19N5O3. The van der Waals surface area contributed by atoms with Gasteiger partial charge in [0.05, 0.1) is 11.4 Å². The van der Waals surface area contributed by atoms with Crippen LogP contribution < -0.4 is 10.9 Å². The monoisotopic (exact) mass is 317 g/mol. The van der Waals surface area contributed by atoms with Gasteiger partial charge in [0, 0.05) is 19.3 Å². The van der Waals surface area contributed by atoms with Crippen molar-refractivity contribution in [1.29, 1.82) is 0 Å². The zero-order chi connectivity index (χ0) is 16.6. The molecule has 1 aliphatic rings. The number of hydrogen-bond acceptors (Lipinski definition) is 6. The van der Waals surface area contributed by atoms with Crippen molar-refractivity contribution in [2.24, 2.45) is 0 Å². The van der Waals surface area contributed by atoms with Crippen LogP contribution in [0.2, 0.25) is 0 Å². The van der Waals surface area contributed by atoms with E-state index in [4.69, 9.17) is 4.74 Å².